The summed E-state index contributed by atoms with van der Waals surface area (Å²) in [5, 5.41) is 2.67. The van der Waals surface area contributed by atoms with Crippen molar-refractivity contribution in [3.8, 4) is 0 Å². The summed E-state index contributed by atoms with van der Waals surface area (Å²) in [4.78, 5) is 29.5. The highest BCUT2D eigenvalue weighted by atomic mass is 16.1. The molecule has 0 unspecified atom stereocenters. The Morgan fingerprint density at radius 1 is 1.00 bits per heavy atom. The van der Waals surface area contributed by atoms with E-state index in [-0.39, 0.29) is 5.91 Å². The van der Waals surface area contributed by atoms with E-state index in [9.17, 15) is 4.79 Å². The van der Waals surface area contributed by atoms with Gasteiger partial charge in [0.15, 0.2) is 0 Å². The number of aromatic nitrogens is 3. The van der Waals surface area contributed by atoms with Crippen molar-refractivity contribution in [3.05, 3.63) is 42.0 Å². The van der Waals surface area contributed by atoms with E-state index in [4.69, 9.17) is 0 Å². The van der Waals surface area contributed by atoms with E-state index in [1.54, 1.807) is 37.8 Å². The number of piperazine rings is 1. The van der Waals surface area contributed by atoms with E-state index in [1.165, 1.54) is 0 Å². The number of pyridine rings is 1. The third kappa shape index (κ3) is 3.08. The largest absolute Gasteiger partial charge is 0.355 e. The zero-order chi connectivity index (χ0) is 16.2. The highest BCUT2D eigenvalue weighted by molar-refractivity contribution is 5.98. The lowest BCUT2D eigenvalue weighted by atomic mass is 10.2. The van der Waals surface area contributed by atoms with Gasteiger partial charge in [0.25, 0.3) is 5.91 Å². The van der Waals surface area contributed by atoms with Crippen molar-refractivity contribution in [2.75, 3.05) is 43.0 Å². The van der Waals surface area contributed by atoms with E-state index < -0.39 is 0 Å². The number of nitrogens with zero attached hydrogens (tertiary/aromatic N) is 5. The predicted octanol–water partition coefficient (Wildman–Crippen LogP) is 0.866. The number of anilines is 2. The molecule has 0 bridgehead atoms. The third-order valence-electron chi connectivity index (χ3n) is 3.99. The molecule has 1 aliphatic rings. The number of amides is 1. The minimum Gasteiger partial charge on any atom is -0.355 e. The van der Waals surface area contributed by atoms with Gasteiger partial charge < -0.3 is 15.1 Å². The number of hydrogen-bond acceptors (Lipinski definition) is 6. The van der Waals surface area contributed by atoms with Crippen LogP contribution in [0.25, 0.3) is 0 Å². The van der Waals surface area contributed by atoms with E-state index >= 15 is 0 Å². The molecule has 1 amide bonds. The van der Waals surface area contributed by atoms with Crippen LogP contribution in [0.5, 0.6) is 0 Å². The van der Waals surface area contributed by atoms with Gasteiger partial charge in [-0.15, -0.1) is 0 Å². The molecule has 7 heteroatoms. The summed E-state index contributed by atoms with van der Waals surface area (Å²) in [6.45, 7) is 5.19. The van der Waals surface area contributed by atoms with Crippen molar-refractivity contribution in [1.29, 1.82) is 0 Å². The molecule has 1 fully saturated rings. The van der Waals surface area contributed by atoms with E-state index in [2.05, 4.69) is 30.1 Å². The molecule has 2 aromatic heterocycles. The van der Waals surface area contributed by atoms with Crippen LogP contribution in [0.4, 0.5) is 11.6 Å². The van der Waals surface area contributed by atoms with Gasteiger partial charge in [-0.05, 0) is 19.1 Å². The fourth-order valence-electron chi connectivity index (χ4n) is 2.80. The van der Waals surface area contributed by atoms with Crippen LogP contribution in [0.3, 0.4) is 0 Å². The van der Waals surface area contributed by atoms with Gasteiger partial charge in [-0.1, -0.05) is 0 Å². The van der Waals surface area contributed by atoms with Crippen LogP contribution in [-0.2, 0) is 0 Å². The Kier molecular flexibility index (Phi) is 4.36. The third-order valence-corrected chi connectivity index (χ3v) is 3.99. The van der Waals surface area contributed by atoms with Crippen molar-refractivity contribution in [1.82, 2.24) is 20.3 Å². The number of nitrogens with one attached hydrogen (secondary N) is 1. The van der Waals surface area contributed by atoms with E-state index in [0.29, 0.717) is 5.56 Å². The van der Waals surface area contributed by atoms with Gasteiger partial charge in [0.1, 0.15) is 11.6 Å². The molecule has 1 N–H and O–H groups in total. The first-order valence-corrected chi connectivity index (χ1v) is 7.65. The molecule has 1 aliphatic heterocycles. The highest BCUT2D eigenvalue weighted by Crippen LogP contribution is 2.21. The van der Waals surface area contributed by atoms with Crippen LogP contribution in [0.15, 0.2) is 30.7 Å². The smallest absolute Gasteiger partial charge is 0.254 e. The minimum absolute atomic E-state index is 0.111. The molecule has 0 spiro atoms. The Morgan fingerprint density at radius 2 is 1.61 bits per heavy atom. The standard InChI is InChI=1S/C16H20N6O/c1-12-14(20-7-6-18-12)21-8-10-22(11-9-21)15-13(16(23)17-2)4-3-5-19-15/h3-7H,8-11H2,1-2H3,(H,17,23). The summed E-state index contributed by atoms with van der Waals surface area (Å²) in [7, 11) is 1.63. The highest BCUT2D eigenvalue weighted by Gasteiger charge is 2.23. The average molecular weight is 312 g/mol. The van der Waals surface area contributed by atoms with Crippen molar-refractivity contribution < 1.29 is 4.79 Å². The van der Waals surface area contributed by atoms with Crippen LogP contribution in [0, 0.1) is 6.92 Å². The molecule has 3 rings (SSSR count). The maximum absolute atomic E-state index is 12.0. The first-order valence-electron chi connectivity index (χ1n) is 7.65. The van der Waals surface area contributed by atoms with Gasteiger partial charge in [-0.3, -0.25) is 9.78 Å². The SMILES string of the molecule is CNC(=O)c1cccnc1N1CCN(c2nccnc2C)CC1. The second kappa shape index (κ2) is 6.60. The van der Waals surface area contributed by atoms with Crippen molar-refractivity contribution in [2.24, 2.45) is 0 Å². The normalized spacial score (nSPS) is 14.7. The van der Waals surface area contributed by atoms with Crippen LogP contribution < -0.4 is 15.1 Å². The van der Waals surface area contributed by atoms with Crippen molar-refractivity contribution in [2.45, 2.75) is 6.92 Å². The Labute approximate surface area is 135 Å². The zero-order valence-corrected chi connectivity index (χ0v) is 13.4. The number of rotatable bonds is 3. The predicted molar refractivity (Wildman–Crippen MR) is 88.8 cm³/mol. The molecule has 0 radical (unpaired) electrons. The number of aryl methyl sites for hydroxylation is 1. The lowest BCUT2D eigenvalue weighted by Crippen LogP contribution is -2.48. The summed E-state index contributed by atoms with van der Waals surface area (Å²) in [5.41, 5.74) is 1.55. The van der Waals surface area contributed by atoms with E-state index in [1.807, 2.05) is 6.92 Å². The summed E-state index contributed by atoms with van der Waals surface area (Å²) in [6.07, 6.45) is 5.15. The second-order valence-electron chi connectivity index (χ2n) is 5.39. The van der Waals surface area contributed by atoms with Crippen molar-refractivity contribution in [3.63, 3.8) is 0 Å². The summed E-state index contributed by atoms with van der Waals surface area (Å²) in [5.74, 6) is 1.56. The van der Waals surface area contributed by atoms with Gasteiger partial charge in [0, 0.05) is 51.8 Å². The van der Waals surface area contributed by atoms with Gasteiger partial charge in [-0.25, -0.2) is 9.97 Å². The van der Waals surface area contributed by atoms with Gasteiger partial charge in [0.05, 0.1) is 11.3 Å². The Balaban J connectivity index is 1.75. The topological polar surface area (TPSA) is 74.2 Å². The molecule has 0 saturated carbocycles. The molecule has 3 heterocycles. The maximum Gasteiger partial charge on any atom is 0.254 e. The first kappa shape index (κ1) is 15.2. The molecule has 0 aromatic carbocycles. The zero-order valence-electron chi connectivity index (χ0n) is 13.4. The van der Waals surface area contributed by atoms with Crippen LogP contribution in [-0.4, -0.2) is 54.1 Å². The van der Waals surface area contributed by atoms with Crippen LogP contribution >= 0.6 is 0 Å². The van der Waals surface area contributed by atoms with Gasteiger partial charge in [-0.2, -0.15) is 0 Å². The van der Waals surface area contributed by atoms with E-state index in [0.717, 1.165) is 43.5 Å². The first-order chi connectivity index (χ1) is 11.2. The summed E-state index contributed by atoms with van der Waals surface area (Å²) < 4.78 is 0. The molecule has 1 saturated heterocycles. The quantitative estimate of drug-likeness (QED) is 0.906. The van der Waals surface area contributed by atoms with Crippen LogP contribution in [0.2, 0.25) is 0 Å². The molecule has 23 heavy (non-hydrogen) atoms. The minimum atomic E-state index is -0.111. The lowest BCUT2D eigenvalue weighted by molar-refractivity contribution is 0.0963. The number of hydrogen-bond donors (Lipinski definition) is 1. The molecule has 120 valence electrons. The average Bonchev–Trinajstić information content (AvgIpc) is 2.62. The van der Waals surface area contributed by atoms with Crippen LogP contribution in [0.1, 0.15) is 16.1 Å². The molecular formula is C16H20N6O. The fraction of sp³-hybridized carbons (Fsp3) is 0.375. The maximum atomic E-state index is 12.0. The Bertz CT molecular complexity index is 696. The molecule has 2 aromatic rings. The molecular weight excluding hydrogens is 292 g/mol. The summed E-state index contributed by atoms with van der Waals surface area (Å²) in [6, 6.07) is 3.59. The molecule has 0 atom stereocenters. The Morgan fingerprint density at radius 3 is 2.26 bits per heavy atom. The molecule has 7 nitrogen and oxygen atoms in total. The van der Waals surface area contributed by atoms with Gasteiger partial charge in [0.2, 0.25) is 0 Å². The van der Waals surface area contributed by atoms with Gasteiger partial charge >= 0.3 is 0 Å². The fourth-order valence-corrected chi connectivity index (χ4v) is 2.80. The van der Waals surface area contributed by atoms with Crippen molar-refractivity contribution >= 4 is 17.5 Å². The Hall–Kier alpha value is -2.70. The monoisotopic (exact) mass is 312 g/mol. The summed E-state index contributed by atoms with van der Waals surface area (Å²) >= 11 is 0. The number of carbonyl (C=O) groups is 1. The molecule has 0 aliphatic carbocycles. The number of carbonyl (C=O) groups excluding carboxylic acids is 1. The lowest BCUT2D eigenvalue weighted by Gasteiger charge is -2.36. The second-order valence-corrected chi connectivity index (χ2v) is 5.39.